The first-order chi connectivity index (χ1) is 18.6. The van der Waals surface area contributed by atoms with Crippen LogP contribution >= 0.6 is 0 Å². The number of rotatable bonds is 2. The van der Waals surface area contributed by atoms with E-state index in [0.29, 0.717) is 11.8 Å². The van der Waals surface area contributed by atoms with E-state index in [0.717, 1.165) is 5.56 Å². The van der Waals surface area contributed by atoms with Gasteiger partial charge in [-0.25, -0.2) is 5.57 Å². The first-order valence-electron chi connectivity index (χ1n) is 14.3. The largest absolute Gasteiger partial charge is 1.00 e. The van der Waals surface area contributed by atoms with Crippen molar-refractivity contribution in [1.29, 1.82) is 0 Å². The second kappa shape index (κ2) is 15.8. The van der Waals surface area contributed by atoms with Crippen molar-refractivity contribution in [1.82, 2.24) is 0 Å². The molecule has 1 aliphatic carbocycles. The monoisotopic (exact) mass is 680 g/mol. The molecule has 0 heterocycles. The Balaban J connectivity index is 0.000000353. The maximum Gasteiger partial charge on any atom is -1.00 e. The van der Waals surface area contributed by atoms with Gasteiger partial charge in [-0.15, -0.1) is 39.7 Å². The van der Waals surface area contributed by atoms with Crippen LogP contribution in [-0.2, 0) is 35.1 Å². The van der Waals surface area contributed by atoms with Gasteiger partial charge in [0.2, 0.25) is 0 Å². The molecule has 0 fully saturated rings. The normalized spacial score (nSPS) is 14.6. The third-order valence-electron chi connectivity index (χ3n) is 7.41. The van der Waals surface area contributed by atoms with Gasteiger partial charge in [0, 0.05) is 0 Å². The minimum Gasteiger partial charge on any atom is -1.00 e. The third kappa shape index (κ3) is 10.2. The van der Waals surface area contributed by atoms with Crippen LogP contribution in [0.15, 0.2) is 84.0 Å². The first-order valence-corrected chi connectivity index (χ1v) is 15.7. The van der Waals surface area contributed by atoms with E-state index in [-0.39, 0.29) is 41.5 Å². The van der Waals surface area contributed by atoms with Crippen LogP contribution in [0.3, 0.4) is 0 Å². The Morgan fingerprint density at radius 1 is 0.810 bits per heavy atom. The van der Waals surface area contributed by atoms with E-state index in [1.807, 2.05) is 3.71 Å². The van der Waals surface area contributed by atoms with E-state index in [1.165, 1.54) is 80.2 Å². The maximum atomic E-state index is 12.2. The SMILES string of the molecule is CC(C)(C)c1ccc2[cH-]c3ccc(C(C)(C)C)cc3c2c1.CC1=[C-]C(C)C=C1C(C)C.Fc1ccc([CH]=[Zr+2])cc1.[Cl-].[Cl-]. The predicted octanol–water partition coefficient (Wildman–Crippen LogP) is 4.81. The molecule has 0 N–H and O–H groups in total. The molecule has 1 atom stereocenters. The smallest absolute Gasteiger partial charge is 1.00 e. The number of hydrogen-bond acceptors (Lipinski definition) is 0. The molecule has 4 heteroatoms. The second-order valence-corrected chi connectivity index (χ2v) is 14.0. The molecular weight excluding hydrogens is 638 g/mol. The molecule has 1 aliphatic rings. The molecule has 1 unspecified atom stereocenters. The first kappa shape index (κ1) is 38.3. The molecule has 42 heavy (non-hydrogen) atoms. The summed E-state index contributed by atoms with van der Waals surface area (Å²) in [5.41, 5.74) is 7.12. The predicted molar refractivity (Wildman–Crippen MR) is 171 cm³/mol. The molecule has 5 rings (SSSR count). The maximum absolute atomic E-state index is 12.2. The summed E-state index contributed by atoms with van der Waals surface area (Å²) < 4.78 is 14.2. The van der Waals surface area contributed by atoms with E-state index in [9.17, 15) is 4.39 Å². The summed E-state index contributed by atoms with van der Waals surface area (Å²) in [5.74, 6) is 1.03. The molecule has 0 saturated heterocycles. The molecule has 0 radical (unpaired) electrons. The molecule has 0 spiro atoms. The Kier molecular flexibility index (Phi) is 14.4. The van der Waals surface area contributed by atoms with Gasteiger partial charge in [-0.2, -0.15) is 11.6 Å². The van der Waals surface area contributed by atoms with Crippen molar-refractivity contribution >= 4 is 25.3 Å². The van der Waals surface area contributed by atoms with Gasteiger partial charge in [-0.05, 0) is 10.8 Å². The van der Waals surface area contributed by atoms with Gasteiger partial charge in [0.25, 0.3) is 0 Å². The molecule has 4 aromatic rings. The summed E-state index contributed by atoms with van der Waals surface area (Å²) in [4.78, 5) is 0. The quantitative estimate of drug-likeness (QED) is 0.267. The van der Waals surface area contributed by atoms with Crippen molar-refractivity contribution in [3.8, 4) is 0 Å². The topological polar surface area (TPSA) is 0 Å². The number of benzene rings is 3. The second-order valence-electron chi connectivity index (χ2n) is 13.3. The third-order valence-corrected chi connectivity index (χ3v) is 8.22. The standard InChI is InChI=1S/C21H25.C10H15.C7H5F.2ClH.Zr/c1-20(2,3)16-9-7-14-11-15-8-10-17(21(4,5)6)13-19(15)18(14)12-16;1-7(2)10-6-8(3)5-9(10)4;1-6-2-4-7(8)5-3-6;;;/h7-13H,1-6H3;6-8H,1-4H3;1-5H;2*1H;/q2*-1;;;;+2/p-2. The van der Waals surface area contributed by atoms with Crippen LogP contribution in [0.25, 0.3) is 21.5 Å². The Bertz CT molecular complexity index is 1460. The van der Waals surface area contributed by atoms with Gasteiger partial charge in [-0.1, -0.05) is 116 Å². The molecule has 0 aromatic heterocycles. The zero-order valence-corrected chi connectivity index (χ0v) is 30.8. The van der Waals surface area contributed by atoms with Crippen molar-refractivity contribution in [2.75, 3.05) is 0 Å². The minimum absolute atomic E-state index is 0. The van der Waals surface area contributed by atoms with Crippen molar-refractivity contribution in [2.24, 2.45) is 11.8 Å². The number of hydrogen-bond donors (Lipinski definition) is 0. The molecule has 224 valence electrons. The molecule has 0 saturated carbocycles. The average molecular weight is 683 g/mol. The molecule has 0 bridgehead atoms. The van der Waals surface area contributed by atoms with E-state index >= 15 is 0 Å². The van der Waals surface area contributed by atoms with Gasteiger partial charge in [0.05, 0.1) is 0 Å². The van der Waals surface area contributed by atoms with Crippen LogP contribution in [0.2, 0.25) is 0 Å². The van der Waals surface area contributed by atoms with E-state index in [1.54, 1.807) is 12.1 Å². The fourth-order valence-electron chi connectivity index (χ4n) is 4.98. The zero-order valence-electron chi connectivity index (χ0n) is 26.8. The Hall–Kier alpha value is -1.73. The van der Waals surface area contributed by atoms with Gasteiger partial charge >= 0.3 is 68.0 Å². The van der Waals surface area contributed by atoms with E-state index in [2.05, 4.69) is 124 Å². The van der Waals surface area contributed by atoms with Crippen LogP contribution in [0.1, 0.15) is 85.9 Å². The average Bonchev–Trinajstić information content (AvgIpc) is 3.42. The summed E-state index contributed by atoms with van der Waals surface area (Å²) in [6.07, 6.45) is 5.68. The fraction of sp³-hybridized carbons (Fsp3) is 0.368. The molecule has 4 aromatic carbocycles. The van der Waals surface area contributed by atoms with Crippen LogP contribution in [0, 0.1) is 23.7 Å². The fourth-order valence-corrected chi connectivity index (χ4v) is 5.45. The molecular formula is C38H45Cl2FZr-2. The summed E-state index contributed by atoms with van der Waals surface area (Å²) in [6, 6.07) is 22.6. The van der Waals surface area contributed by atoms with Crippen LogP contribution < -0.4 is 24.8 Å². The van der Waals surface area contributed by atoms with Gasteiger partial charge in [0.15, 0.2) is 0 Å². The number of halogens is 3. The Labute approximate surface area is 281 Å². The summed E-state index contributed by atoms with van der Waals surface area (Å²) in [5, 5.41) is 5.49. The summed E-state index contributed by atoms with van der Waals surface area (Å²) in [6.45, 7) is 22.5. The van der Waals surface area contributed by atoms with Gasteiger partial charge in [0.1, 0.15) is 0 Å². The van der Waals surface area contributed by atoms with Crippen molar-refractivity contribution < 1.29 is 53.4 Å². The van der Waals surface area contributed by atoms with Gasteiger partial charge < -0.3 is 24.8 Å². The molecule has 0 nitrogen and oxygen atoms in total. The molecule has 0 amide bonds. The Morgan fingerprint density at radius 3 is 1.57 bits per heavy atom. The van der Waals surface area contributed by atoms with Crippen molar-refractivity contribution in [3.63, 3.8) is 0 Å². The van der Waals surface area contributed by atoms with Gasteiger partial charge in [-0.3, -0.25) is 6.08 Å². The zero-order chi connectivity index (χ0) is 29.8. The number of allylic oxidation sites excluding steroid dienone is 4. The van der Waals surface area contributed by atoms with Crippen molar-refractivity contribution in [3.05, 3.63) is 113 Å². The number of fused-ring (bicyclic) bond motifs is 3. The van der Waals surface area contributed by atoms with Crippen LogP contribution in [0.5, 0.6) is 0 Å². The van der Waals surface area contributed by atoms with E-state index in [4.69, 9.17) is 0 Å². The molecule has 0 aliphatic heterocycles. The van der Waals surface area contributed by atoms with E-state index < -0.39 is 0 Å². The Morgan fingerprint density at radius 2 is 1.26 bits per heavy atom. The van der Waals surface area contributed by atoms with Crippen LogP contribution in [-0.4, -0.2) is 3.71 Å². The van der Waals surface area contributed by atoms with Crippen LogP contribution in [0.4, 0.5) is 4.39 Å². The minimum atomic E-state index is -0.170. The van der Waals surface area contributed by atoms with Crippen molar-refractivity contribution in [2.45, 2.75) is 80.1 Å². The summed E-state index contributed by atoms with van der Waals surface area (Å²) >= 11 is 1.34. The summed E-state index contributed by atoms with van der Waals surface area (Å²) in [7, 11) is 0.